The van der Waals surface area contributed by atoms with E-state index >= 15 is 0 Å². The normalized spacial score (nSPS) is 12.1. The van der Waals surface area contributed by atoms with E-state index in [-0.39, 0.29) is 0 Å². The molecule has 7 aromatic carbocycles. The summed E-state index contributed by atoms with van der Waals surface area (Å²) in [7, 11) is -0.779. The Labute approximate surface area is 250 Å². The molecule has 0 aliphatic carbocycles. The number of fused-ring (bicyclic) bond motifs is 2. The molecule has 7 rings (SSSR count). The molecular formula is C41H34S. The molecule has 0 N–H and O–H groups in total. The summed E-state index contributed by atoms with van der Waals surface area (Å²) < 4.78 is 0. The molecule has 204 valence electrons. The van der Waals surface area contributed by atoms with Gasteiger partial charge in [-0.1, -0.05) is 140 Å². The monoisotopic (exact) mass is 558 g/mol. The van der Waals surface area contributed by atoms with Gasteiger partial charge in [-0.2, -0.15) is 0 Å². The molecule has 0 aromatic heterocycles. The molecule has 0 aliphatic heterocycles. The minimum absolute atomic E-state index is 0.779. The van der Waals surface area contributed by atoms with Gasteiger partial charge in [0.15, 0.2) is 0 Å². The van der Waals surface area contributed by atoms with Gasteiger partial charge < -0.3 is 0 Å². The van der Waals surface area contributed by atoms with E-state index in [0.29, 0.717) is 0 Å². The highest BCUT2D eigenvalue weighted by molar-refractivity contribution is 8.32. The van der Waals surface area contributed by atoms with Crippen LogP contribution >= 0.6 is 10.0 Å². The third kappa shape index (κ3) is 4.81. The Bertz CT molecular complexity index is 1990. The van der Waals surface area contributed by atoms with Crippen LogP contribution in [0.4, 0.5) is 0 Å². The van der Waals surface area contributed by atoms with Gasteiger partial charge in [0.25, 0.3) is 0 Å². The van der Waals surface area contributed by atoms with Crippen molar-refractivity contribution in [2.75, 3.05) is 18.8 Å². The summed E-state index contributed by atoms with van der Waals surface area (Å²) in [6, 6.07) is 55.7. The minimum Gasteiger partial charge on any atom is -0.223 e. The second kappa shape index (κ2) is 10.7. The molecule has 0 nitrogen and oxygen atoms in total. The largest absolute Gasteiger partial charge is 0.223 e. The van der Waals surface area contributed by atoms with Crippen LogP contribution in [0.1, 0.15) is 0 Å². The lowest BCUT2D eigenvalue weighted by atomic mass is 9.85. The Morgan fingerprint density at radius 3 is 1.29 bits per heavy atom. The predicted molar refractivity (Wildman–Crippen MR) is 187 cm³/mol. The fourth-order valence-corrected chi connectivity index (χ4v) is 7.09. The fraction of sp³-hybridized carbons (Fsp3) is 0.0732. The van der Waals surface area contributed by atoms with Crippen molar-refractivity contribution in [1.29, 1.82) is 0 Å². The highest BCUT2D eigenvalue weighted by atomic mass is 32.3. The summed E-state index contributed by atoms with van der Waals surface area (Å²) in [5.74, 6) is 0. The summed E-state index contributed by atoms with van der Waals surface area (Å²) >= 11 is 0. The lowest BCUT2D eigenvalue weighted by molar-refractivity contribution is 1.43. The quantitative estimate of drug-likeness (QED) is 0.184. The number of hydrogen-bond donors (Lipinski definition) is 0. The van der Waals surface area contributed by atoms with Crippen LogP contribution < -0.4 is 0 Å². The average molecular weight is 559 g/mol. The van der Waals surface area contributed by atoms with Crippen LogP contribution in [0.5, 0.6) is 0 Å². The van der Waals surface area contributed by atoms with Gasteiger partial charge in [-0.25, -0.2) is 10.0 Å². The lowest BCUT2D eigenvalue weighted by Gasteiger charge is -2.26. The molecule has 0 aliphatic rings. The zero-order chi connectivity index (χ0) is 28.7. The van der Waals surface area contributed by atoms with E-state index in [4.69, 9.17) is 0 Å². The third-order valence-corrected chi connectivity index (χ3v) is 9.91. The molecule has 0 heterocycles. The minimum atomic E-state index is -0.779. The van der Waals surface area contributed by atoms with Crippen LogP contribution in [0.15, 0.2) is 157 Å². The molecule has 0 saturated carbocycles. The zero-order valence-electron chi connectivity index (χ0n) is 24.3. The van der Waals surface area contributed by atoms with Gasteiger partial charge in [-0.15, -0.1) is 0 Å². The van der Waals surface area contributed by atoms with Crippen LogP contribution in [-0.4, -0.2) is 18.8 Å². The summed E-state index contributed by atoms with van der Waals surface area (Å²) in [4.78, 5) is 1.44. The van der Waals surface area contributed by atoms with E-state index in [1.807, 2.05) is 0 Å². The Kier molecular flexibility index (Phi) is 6.69. The van der Waals surface area contributed by atoms with Gasteiger partial charge >= 0.3 is 0 Å². The van der Waals surface area contributed by atoms with Crippen molar-refractivity contribution >= 4 is 31.6 Å². The Balaban J connectivity index is 1.41. The number of benzene rings is 7. The van der Waals surface area contributed by atoms with E-state index < -0.39 is 10.0 Å². The van der Waals surface area contributed by atoms with Crippen LogP contribution in [0, 0.1) is 0 Å². The SMILES string of the molecule is CS(C)(C)c1cccc(-c2ccc(-c3c4ccccc4c(-c4cccc(-c5ccccc5)c4)c4ccccc34)cc2)c1. The molecule has 1 heteroatoms. The molecule has 0 spiro atoms. The van der Waals surface area contributed by atoms with Gasteiger partial charge in [0.1, 0.15) is 0 Å². The zero-order valence-corrected chi connectivity index (χ0v) is 25.2. The lowest BCUT2D eigenvalue weighted by Crippen LogP contribution is -1.93. The highest BCUT2D eigenvalue weighted by Crippen LogP contribution is 2.47. The summed E-state index contributed by atoms with van der Waals surface area (Å²) in [5, 5.41) is 5.12. The van der Waals surface area contributed by atoms with Crippen molar-refractivity contribution in [2.24, 2.45) is 0 Å². The average Bonchev–Trinajstić information content (AvgIpc) is 3.04. The van der Waals surface area contributed by atoms with E-state index in [1.54, 1.807) is 0 Å². The second-order valence-electron chi connectivity index (χ2n) is 11.7. The molecule has 0 amide bonds. The molecular weight excluding hydrogens is 525 g/mol. The van der Waals surface area contributed by atoms with E-state index in [9.17, 15) is 0 Å². The smallest absolute Gasteiger partial charge is 0.00262 e. The third-order valence-electron chi connectivity index (χ3n) is 8.24. The van der Waals surface area contributed by atoms with Gasteiger partial charge in [0.05, 0.1) is 0 Å². The molecule has 0 unspecified atom stereocenters. The second-order valence-corrected chi connectivity index (χ2v) is 15.9. The fourth-order valence-electron chi connectivity index (χ4n) is 6.12. The molecule has 42 heavy (non-hydrogen) atoms. The van der Waals surface area contributed by atoms with Gasteiger partial charge in [0.2, 0.25) is 0 Å². The van der Waals surface area contributed by atoms with Crippen molar-refractivity contribution in [3.63, 3.8) is 0 Å². The van der Waals surface area contributed by atoms with Crippen molar-refractivity contribution < 1.29 is 0 Å². The van der Waals surface area contributed by atoms with Crippen molar-refractivity contribution in [3.05, 3.63) is 152 Å². The van der Waals surface area contributed by atoms with Gasteiger partial charge in [-0.05, 0) is 102 Å². The first kappa shape index (κ1) is 26.3. The van der Waals surface area contributed by atoms with Crippen LogP contribution in [0.2, 0.25) is 0 Å². The van der Waals surface area contributed by atoms with Crippen molar-refractivity contribution in [2.45, 2.75) is 4.90 Å². The standard InChI is InChI=1S/C41H34S/c1-42(2,3)35-18-12-16-33(28-35)30-23-25-31(26-24-30)40-36-19-7-9-21-38(36)41(39-22-10-8-20-37(39)40)34-17-11-15-32(27-34)29-13-5-4-6-14-29/h4-28H,1-3H3. The molecule has 0 fully saturated rings. The van der Waals surface area contributed by atoms with Gasteiger partial charge in [-0.3, -0.25) is 0 Å². The molecule has 0 radical (unpaired) electrons. The van der Waals surface area contributed by atoms with E-state index in [1.165, 1.54) is 70.9 Å². The van der Waals surface area contributed by atoms with Crippen molar-refractivity contribution in [1.82, 2.24) is 0 Å². The first-order valence-corrected chi connectivity index (χ1v) is 17.3. The van der Waals surface area contributed by atoms with E-state index in [0.717, 1.165) is 0 Å². The molecule has 0 bridgehead atoms. The first-order chi connectivity index (χ1) is 20.5. The Hall–Kier alpha value is -4.59. The van der Waals surface area contributed by atoms with Crippen molar-refractivity contribution in [3.8, 4) is 44.5 Å². The number of rotatable bonds is 5. The molecule has 7 aromatic rings. The Morgan fingerprint density at radius 2 is 0.714 bits per heavy atom. The van der Waals surface area contributed by atoms with E-state index in [2.05, 4.69) is 170 Å². The summed E-state index contributed by atoms with van der Waals surface area (Å²) in [6.07, 6.45) is 7.06. The maximum atomic E-state index is 2.37. The molecule has 0 atom stereocenters. The maximum absolute atomic E-state index is 2.37. The molecule has 0 saturated heterocycles. The van der Waals surface area contributed by atoms with Gasteiger partial charge in [0, 0.05) is 0 Å². The highest BCUT2D eigenvalue weighted by Gasteiger charge is 2.17. The van der Waals surface area contributed by atoms with Crippen LogP contribution in [0.3, 0.4) is 0 Å². The summed E-state index contributed by atoms with van der Waals surface area (Å²) in [6.45, 7) is 0. The topological polar surface area (TPSA) is 0 Å². The van der Waals surface area contributed by atoms with Crippen LogP contribution in [0.25, 0.3) is 66.1 Å². The first-order valence-electron chi connectivity index (χ1n) is 14.5. The van der Waals surface area contributed by atoms with Crippen LogP contribution in [-0.2, 0) is 0 Å². The maximum Gasteiger partial charge on any atom is -0.00262 e. The Morgan fingerprint density at radius 1 is 0.310 bits per heavy atom. The number of hydrogen-bond acceptors (Lipinski definition) is 0. The summed E-state index contributed by atoms with van der Waals surface area (Å²) in [5.41, 5.74) is 10.1. The predicted octanol–water partition coefficient (Wildman–Crippen LogP) is 11.7.